The molecule has 7 heteroatoms. The maximum atomic E-state index is 12.6. The zero-order valence-electron chi connectivity index (χ0n) is 9.15. The monoisotopic (exact) mass is 255 g/mol. The summed E-state index contributed by atoms with van der Waals surface area (Å²) in [5.41, 5.74) is -3.25. The van der Waals surface area contributed by atoms with Gasteiger partial charge in [0.25, 0.3) is 0 Å². The predicted octanol–water partition coefficient (Wildman–Crippen LogP) is 3.58. The molecule has 0 fully saturated rings. The molecular weight excluding hydrogens is 245 g/mol. The Morgan fingerprint density at radius 2 is 1.29 bits per heavy atom. The molecule has 0 unspecified atom stereocenters. The van der Waals surface area contributed by atoms with E-state index in [1.54, 1.807) is 0 Å². The summed E-state index contributed by atoms with van der Waals surface area (Å²) < 4.78 is 74.8. The standard InChI is InChI=1S/C10H10BF6/c1-9(2,10(12,13)14)7-3-5-8(6-4-7)11(15,16)17/h3-6H,1-2H3/q-1. The topological polar surface area (TPSA) is 0 Å². The average Bonchev–Trinajstić information content (AvgIpc) is 2.15. The lowest BCUT2D eigenvalue weighted by Gasteiger charge is -2.28. The summed E-state index contributed by atoms with van der Waals surface area (Å²) >= 11 is 0. The normalized spacial score (nSPS) is 13.9. The average molecular weight is 255 g/mol. The van der Waals surface area contributed by atoms with Crippen LogP contribution in [0.5, 0.6) is 0 Å². The van der Waals surface area contributed by atoms with E-state index < -0.39 is 24.0 Å². The smallest absolute Gasteiger partial charge is 0.445 e. The molecule has 0 aliphatic heterocycles. The fourth-order valence-electron chi connectivity index (χ4n) is 1.28. The Morgan fingerprint density at radius 3 is 1.59 bits per heavy atom. The van der Waals surface area contributed by atoms with Gasteiger partial charge in [-0.2, -0.15) is 13.2 Å². The maximum absolute atomic E-state index is 12.6. The van der Waals surface area contributed by atoms with Crippen molar-refractivity contribution in [2.75, 3.05) is 0 Å². The highest BCUT2D eigenvalue weighted by Crippen LogP contribution is 2.40. The van der Waals surface area contributed by atoms with E-state index in [-0.39, 0.29) is 5.56 Å². The third-order valence-electron chi connectivity index (χ3n) is 2.72. The van der Waals surface area contributed by atoms with Crippen LogP contribution in [0.1, 0.15) is 19.4 Å². The van der Waals surface area contributed by atoms with Crippen LogP contribution in [0, 0.1) is 0 Å². The van der Waals surface area contributed by atoms with Crippen molar-refractivity contribution in [3.8, 4) is 0 Å². The minimum Gasteiger partial charge on any atom is -0.445 e. The first-order chi connectivity index (χ1) is 7.46. The van der Waals surface area contributed by atoms with Gasteiger partial charge in [0.05, 0.1) is 5.41 Å². The second-order valence-corrected chi connectivity index (χ2v) is 4.32. The van der Waals surface area contributed by atoms with Gasteiger partial charge in [-0.05, 0) is 19.4 Å². The van der Waals surface area contributed by atoms with Crippen LogP contribution in [0.3, 0.4) is 0 Å². The first kappa shape index (κ1) is 13.9. The van der Waals surface area contributed by atoms with Gasteiger partial charge in [-0.1, -0.05) is 24.3 Å². The molecule has 0 amide bonds. The Kier molecular flexibility index (Phi) is 3.24. The van der Waals surface area contributed by atoms with Crippen molar-refractivity contribution >= 4 is 12.4 Å². The second-order valence-electron chi connectivity index (χ2n) is 4.32. The lowest BCUT2D eigenvalue weighted by atomic mass is 9.77. The van der Waals surface area contributed by atoms with Gasteiger partial charge in [-0.15, -0.1) is 5.46 Å². The molecule has 0 saturated heterocycles. The summed E-state index contributed by atoms with van der Waals surface area (Å²) in [5.74, 6) is 0. The van der Waals surface area contributed by atoms with E-state index in [4.69, 9.17) is 0 Å². The molecule has 0 nitrogen and oxygen atoms in total. The Morgan fingerprint density at radius 1 is 0.882 bits per heavy atom. The Balaban J connectivity index is 3.12. The molecule has 0 heterocycles. The molecule has 0 N–H and O–H groups in total. The minimum atomic E-state index is -5.17. The van der Waals surface area contributed by atoms with E-state index >= 15 is 0 Å². The number of alkyl halides is 3. The van der Waals surface area contributed by atoms with E-state index in [2.05, 4.69) is 0 Å². The zero-order valence-corrected chi connectivity index (χ0v) is 9.15. The van der Waals surface area contributed by atoms with E-state index in [9.17, 15) is 26.1 Å². The summed E-state index contributed by atoms with van der Waals surface area (Å²) in [6.45, 7) is -3.31. The van der Waals surface area contributed by atoms with Gasteiger partial charge >= 0.3 is 13.2 Å². The fraction of sp³-hybridized carbons (Fsp3) is 0.400. The van der Waals surface area contributed by atoms with Gasteiger partial charge in [-0.3, -0.25) is 0 Å². The Hall–Kier alpha value is -1.14. The largest absolute Gasteiger partial charge is 0.509 e. The van der Waals surface area contributed by atoms with Crippen molar-refractivity contribution in [2.45, 2.75) is 25.4 Å². The van der Waals surface area contributed by atoms with Gasteiger partial charge in [0.15, 0.2) is 0 Å². The number of halogens is 6. The van der Waals surface area contributed by atoms with E-state index in [0.29, 0.717) is 12.1 Å². The van der Waals surface area contributed by atoms with Crippen LogP contribution in [-0.2, 0) is 5.41 Å². The van der Waals surface area contributed by atoms with E-state index in [1.165, 1.54) is 0 Å². The van der Waals surface area contributed by atoms with Gasteiger partial charge in [0.2, 0.25) is 0 Å². The number of hydrogen-bond donors (Lipinski definition) is 0. The molecule has 1 aromatic rings. The molecule has 0 aliphatic rings. The van der Waals surface area contributed by atoms with Crippen LogP contribution in [0.4, 0.5) is 26.1 Å². The summed E-state index contributed by atoms with van der Waals surface area (Å²) in [5, 5.41) is 0. The highest BCUT2D eigenvalue weighted by Gasteiger charge is 2.48. The summed E-state index contributed by atoms with van der Waals surface area (Å²) in [6.07, 6.45) is -4.50. The molecule has 1 aromatic carbocycles. The van der Waals surface area contributed by atoms with Crippen LogP contribution in [0.25, 0.3) is 0 Å². The van der Waals surface area contributed by atoms with Gasteiger partial charge in [-0.25, -0.2) is 0 Å². The lowest BCUT2D eigenvalue weighted by molar-refractivity contribution is -0.180. The first-order valence-electron chi connectivity index (χ1n) is 4.83. The third kappa shape index (κ3) is 2.76. The molecule has 0 aliphatic carbocycles. The molecule has 0 bridgehead atoms. The minimum absolute atomic E-state index is 0.186. The number of benzene rings is 1. The fourth-order valence-corrected chi connectivity index (χ4v) is 1.28. The van der Waals surface area contributed by atoms with Crippen molar-refractivity contribution in [1.82, 2.24) is 0 Å². The van der Waals surface area contributed by atoms with Crippen LogP contribution >= 0.6 is 0 Å². The molecule has 96 valence electrons. The van der Waals surface area contributed by atoms with Gasteiger partial charge in [0.1, 0.15) is 0 Å². The molecule has 1 rings (SSSR count). The predicted molar refractivity (Wildman–Crippen MR) is 54.2 cm³/mol. The first-order valence-corrected chi connectivity index (χ1v) is 4.83. The Labute approximate surface area is 94.7 Å². The van der Waals surface area contributed by atoms with Gasteiger partial charge < -0.3 is 12.9 Å². The van der Waals surface area contributed by atoms with Crippen molar-refractivity contribution in [3.63, 3.8) is 0 Å². The summed E-state index contributed by atoms with van der Waals surface area (Å²) in [6, 6.07) is 3.11. The van der Waals surface area contributed by atoms with Crippen LogP contribution in [0.15, 0.2) is 24.3 Å². The third-order valence-corrected chi connectivity index (χ3v) is 2.72. The van der Waals surface area contributed by atoms with Gasteiger partial charge in [0, 0.05) is 0 Å². The number of hydrogen-bond acceptors (Lipinski definition) is 0. The molecule has 0 atom stereocenters. The van der Waals surface area contributed by atoms with Crippen molar-refractivity contribution in [1.29, 1.82) is 0 Å². The second kappa shape index (κ2) is 3.96. The van der Waals surface area contributed by atoms with Crippen LogP contribution in [-0.4, -0.2) is 13.2 Å². The quantitative estimate of drug-likeness (QED) is 0.559. The number of rotatable bonds is 2. The van der Waals surface area contributed by atoms with Crippen molar-refractivity contribution < 1.29 is 26.1 Å². The highest BCUT2D eigenvalue weighted by molar-refractivity contribution is 6.73. The SMILES string of the molecule is CC(C)(c1ccc([B-](F)(F)F)cc1)C(F)(F)F. The van der Waals surface area contributed by atoms with Crippen LogP contribution in [0.2, 0.25) is 0 Å². The molecule has 0 aromatic heterocycles. The van der Waals surface area contributed by atoms with Crippen molar-refractivity contribution in [2.24, 2.45) is 0 Å². The highest BCUT2D eigenvalue weighted by atomic mass is 19.4. The van der Waals surface area contributed by atoms with E-state index in [0.717, 1.165) is 26.0 Å². The summed E-state index contributed by atoms with van der Waals surface area (Å²) in [7, 11) is 0. The zero-order chi connectivity index (χ0) is 13.5. The molecular formula is C10H10BF6-. The van der Waals surface area contributed by atoms with E-state index in [1.807, 2.05) is 0 Å². The van der Waals surface area contributed by atoms with Crippen molar-refractivity contribution in [3.05, 3.63) is 29.8 Å². The lowest BCUT2D eigenvalue weighted by Crippen LogP contribution is -2.38. The van der Waals surface area contributed by atoms with Crippen LogP contribution < -0.4 is 5.46 Å². The molecule has 0 saturated carbocycles. The molecule has 0 spiro atoms. The Bertz CT molecular complexity index is 387. The molecule has 17 heavy (non-hydrogen) atoms. The maximum Gasteiger partial charge on any atom is 0.509 e. The molecule has 0 radical (unpaired) electrons. The summed E-state index contributed by atoms with van der Waals surface area (Å²) in [4.78, 5) is 0.